The fraction of sp³-hybridized carbons (Fsp3) is 0.684. The highest BCUT2D eigenvalue weighted by Gasteiger charge is 2.55. The monoisotopic (exact) mass is 377 g/mol. The van der Waals surface area contributed by atoms with Crippen LogP contribution in [0.15, 0.2) is 12.1 Å². The number of primary amides is 1. The summed E-state index contributed by atoms with van der Waals surface area (Å²) in [5.41, 5.74) is 5.16. The number of fused-ring (bicyclic) bond motifs is 2. The van der Waals surface area contributed by atoms with E-state index in [4.69, 9.17) is 10.5 Å². The molecule has 2 amide bonds. The number of ether oxygens (including phenoxy) is 1. The van der Waals surface area contributed by atoms with Gasteiger partial charge in [0.2, 0.25) is 5.91 Å². The number of amides is 2. The van der Waals surface area contributed by atoms with Crippen molar-refractivity contribution in [3.8, 4) is 0 Å². The van der Waals surface area contributed by atoms with Crippen molar-refractivity contribution < 1.29 is 14.3 Å². The van der Waals surface area contributed by atoms with Crippen molar-refractivity contribution in [2.45, 2.75) is 37.8 Å². The molecule has 1 aromatic rings. The van der Waals surface area contributed by atoms with Gasteiger partial charge in [-0.05, 0) is 25.0 Å². The number of likely N-dealkylation sites (tertiary alicyclic amines) is 2. The van der Waals surface area contributed by atoms with Gasteiger partial charge in [0.25, 0.3) is 5.91 Å². The third kappa shape index (κ3) is 2.68. The van der Waals surface area contributed by atoms with Gasteiger partial charge in [-0.2, -0.15) is 0 Å². The summed E-state index contributed by atoms with van der Waals surface area (Å²) in [6.45, 7) is 5.32. The van der Waals surface area contributed by atoms with E-state index in [1.54, 1.807) is 6.92 Å². The number of rotatable bonds is 4. The molecular weight excluding hydrogens is 350 g/mol. The van der Waals surface area contributed by atoms with E-state index in [0.717, 1.165) is 43.9 Å². The van der Waals surface area contributed by atoms with Crippen LogP contribution < -0.4 is 5.73 Å². The highest BCUT2D eigenvalue weighted by molar-refractivity contribution is 7.14. The molecule has 0 spiro atoms. The summed E-state index contributed by atoms with van der Waals surface area (Å²) in [6, 6.07) is 4.35. The normalized spacial score (nSPS) is 32.3. The molecule has 3 heterocycles. The molecule has 1 saturated carbocycles. The summed E-state index contributed by atoms with van der Waals surface area (Å²) in [4.78, 5) is 29.3. The van der Waals surface area contributed by atoms with Crippen LogP contribution in [0.4, 0.5) is 0 Å². The van der Waals surface area contributed by atoms with E-state index in [1.807, 2.05) is 24.1 Å². The van der Waals surface area contributed by atoms with E-state index in [1.165, 1.54) is 17.8 Å². The second-order valence-corrected chi connectivity index (χ2v) is 8.97. The Labute approximate surface area is 158 Å². The fourth-order valence-corrected chi connectivity index (χ4v) is 6.41. The van der Waals surface area contributed by atoms with Crippen LogP contribution in [0, 0.1) is 11.8 Å². The number of methoxy groups -OCH3 is 1. The molecule has 142 valence electrons. The molecule has 0 unspecified atom stereocenters. The Morgan fingerprint density at radius 1 is 1.19 bits per heavy atom. The SMILES string of the molecule is CO[C@]1(c2ccc(C(N)=O)s2)[C@@H]2CCC[C@H]1CN(C1CN(C(C)=O)C1)C2. The maximum absolute atomic E-state index is 11.6. The Bertz CT molecular complexity index is 699. The van der Waals surface area contributed by atoms with Gasteiger partial charge < -0.3 is 15.4 Å². The quantitative estimate of drug-likeness (QED) is 0.866. The molecule has 1 aromatic heterocycles. The largest absolute Gasteiger partial charge is 0.372 e. The number of nitrogens with zero attached hydrogens (tertiary/aromatic N) is 2. The van der Waals surface area contributed by atoms with Crippen molar-refractivity contribution in [1.29, 1.82) is 0 Å². The summed E-state index contributed by atoms with van der Waals surface area (Å²) in [6.07, 6.45) is 3.49. The van der Waals surface area contributed by atoms with Crippen molar-refractivity contribution in [1.82, 2.24) is 9.80 Å². The molecule has 4 rings (SSSR count). The zero-order chi connectivity index (χ0) is 18.5. The Hall–Kier alpha value is -1.44. The van der Waals surface area contributed by atoms with Crippen LogP contribution in [0.5, 0.6) is 0 Å². The first-order valence-electron chi connectivity index (χ1n) is 9.40. The van der Waals surface area contributed by atoms with E-state index in [0.29, 0.717) is 22.8 Å². The second kappa shape index (κ2) is 6.62. The lowest BCUT2D eigenvalue weighted by molar-refractivity contribution is -0.180. The van der Waals surface area contributed by atoms with Gasteiger partial charge in [-0.25, -0.2) is 0 Å². The van der Waals surface area contributed by atoms with Gasteiger partial charge in [0, 0.05) is 63.0 Å². The first-order chi connectivity index (χ1) is 12.5. The third-order valence-corrected chi connectivity index (χ3v) is 7.86. The highest BCUT2D eigenvalue weighted by Crippen LogP contribution is 2.53. The molecule has 0 radical (unpaired) electrons. The smallest absolute Gasteiger partial charge is 0.258 e. The number of piperidine rings is 1. The summed E-state index contributed by atoms with van der Waals surface area (Å²) in [5.74, 6) is 0.618. The van der Waals surface area contributed by atoms with E-state index in [9.17, 15) is 9.59 Å². The zero-order valence-corrected chi connectivity index (χ0v) is 16.3. The van der Waals surface area contributed by atoms with Crippen LogP contribution >= 0.6 is 11.3 Å². The predicted octanol–water partition coefficient (Wildman–Crippen LogP) is 1.65. The standard InChI is InChI=1S/C19H27N3O3S/c1-12(23)21-10-15(11-21)22-8-13-4-3-5-14(9-22)19(13,25-2)17-7-6-16(26-17)18(20)24/h6-7,13-15H,3-5,8-11H2,1-2H3,(H2,20,24)/t13-,14+,19-. The fourth-order valence-electron chi connectivity index (χ4n) is 5.23. The summed E-state index contributed by atoms with van der Waals surface area (Å²) in [5, 5.41) is 0. The Kier molecular flexibility index (Phi) is 4.57. The van der Waals surface area contributed by atoms with E-state index in [2.05, 4.69) is 4.90 Å². The average Bonchev–Trinajstić information content (AvgIpc) is 3.02. The number of hydrogen-bond acceptors (Lipinski definition) is 5. The molecule has 2 N–H and O–H groups in total. The number of nitrogens with two attached hydrogens (primary N) is 1. The van der Waals surface area contributed by atoms with E-state index in [-0.39, 0.29) is 17.4 Å². The molecule has 0 aromatic carbocycles. The zero-order valence-electron chi connectivity index (χ0n) is 15.4. The van der Waals surface area contributed by atoms with Gasteiger partial charge in [-0.15, -0.1) is 11.3 Å². The lowest BCUT2D eigenvalue weighted by Gasteiger charge is -2.58. The second-order valence-electron chi connectivity index (χ2n) is 7.88. The third-order valence-electron chi connectivity index (χ3n) is 6.62. The highest BCUT2D eigenvalue weighted by atomic mass is 32.1. The Morgan fingerprint density at radius 3 is 2.35 bits per heavy atom. The lowest BCUT2D eigenvalue weighted by Crippen LogP contribution is -2.67. The van der Waals surface area contributed by atoms with Crippen molar-refractivity contribution in [3.05, 3.63) is 21.9 Å². The molecule has 1 aliphatic carbocycles. The van der Waals surface area contributed by atoms with Crippen molar-refractivity contribution in [2.75, 3.05) is 33.3 Å². The van der Waals surface area contributed by atoms with Gasteiger partial charge in [0.1, 0.15) is 5.60 Å². The lowest BCUT2D eigenvalue weighted by atomic mass is 9.64. The molecule has 3 fully saturated rings. The molecule has 2 bridgehead atoms. The summed E-state index contributed by atoms with van der Waals surface area (Å²) >= 11 is 1.49. The van der Waals surface area contributed by atoms with Crippen molar-refractivity contribution in [3.63, 3.8) is 0 Å². The Balaban J connectivity index is 1.57. The van der Waals surface area contributed by atoms with Gasteiger partial charge in [0.15, 0.2) is 0 Å². The van der Waals surface area contributed by atoms with Crippen molar-refractivity contribution >= 4 is 23.2 Å². The summed E-state index contributed by atoms with van der Waals surface area (Å²) < 4.78 is 6.23. The van der Waals surface area contributed by atoms with Gasteiger partial charge in [-0.3, -0.25) is 14.5 Å². The first-order valence-corrected chi connectivity index (χ1v) is 10.2. The van der Waals surface area contributed by atoms with Crippen LogP contribution in [0.2, 0.25) is 0 Å². The number of hydrogen-bond donors (Lipinski definition) is 1. The van der Waals surface area contributed by atoms with Gasteiger partial charge in [0.05, 0.1) is 4.88 Å². The molecule has 6 nitrogen and oxygen atoms in total. The molecule has 7 heteroatoms. The topological polar surface area (TPSA) is 75.9 Å². The Morgan fingerprint density at radius 2 is 1.85 bits per heavy atom. The van der Waals surface area contributed by atoms with E-state index < -0.39 is 0 Å². The minimum Gasteiger partial charge on any atom is -0.372 e. The van der Waals surface area contributed by atoms with Crippen LogP contribution in [0.25, 0.3) is 0 Å². The molecule has 2 saturated heterocycles. The van der Waals surface area contributed by atoms with Crippen LogP contribution in [0.1, 0.15) is 40.7 Å². The van der Waals surface area contributed by atoms with Crippen molar-refractivity contribution in [2.24, 2.45) is 17.6 Å². The van der Waals surface area contributed by atoms with Gasteiger partial charge in [-0.1, -0.05) is 6.42 Å². The van der Waals surface area contributed by atoms with Crippen LogP contribution in [0.3, 0.4) is 0 Å². The maximum atomic E-state index is 11.6. The molecule has 3 aliphatic rings. The first kappa shape index (κ1) is 17.9. The molecular formula is C19H27N3O3S. The number of carbonyl (C=O) groups is 2. The molecule has 2 aliphatic heterocycles. The number of thiophene rings is 1. The van der Waals surface area contributed by atoms with E-state index >= 15 is 0 Å². The van der Waals surface area contributed by atoms with Gasteiger partial charge >= 0.3 is 0 Å². The predicted molar refractivity (Wildman–Crippen MR) is 100.0 cm³/mol. The van der Waals surface area contributed by atoms with Crippen LogP contribution in [-0.4, -0.2) is 60.9 Å². The maximum Gasteiger partial charge on any atom is 0.258 e. The average molecular weight is 378 g/mol. The minimum absolute atomic E-state index is 0.169. The molecule has 3 atom stereocenters. The van der Waals surface area contributed by atoms with Crippen LogP contribution in [-0.2, 0) is 15.1 Å². The molecule has 26 heavy (non-hydrogen) atoms. The number of carbonyl (C=O) groups excluding carboxylic acids is 2. The summed E-state index contributed by atoms with van der Waals surface area (Å²) in [7, 11) is 1.81. The minimum atomic E-state index is -0.367.